The van der Waals surface area contributed by atoms with Crippen LogP contribution in [0.25, 0.3) is 0 Å². The van der Waals surface area contributed by atoms with Crippen molar-refractivity contribution in [3.05, 3.63) is 108 Å². The SMILES string of the molecule is Cc1ccccc1.[3H]C.[3H]C.[3H]C.c1ccc(Cc2ccccc2)cc1. The van der Waals surface area contributed by atoms with Gasteiger partial charge in [0.2, 0.25) is 0 Å². The van der Waals surface area contributed by atoms with Crippen LogP contribution in [0.5, 0.6) is 0 Å². The summed E-state index contributed by atoms with van der Waals surface area (Å²) in [7, 11) is 3.75. The van der Waals surface area contributed by atoms with Crippen molar-refractivity contribution in [2.45, 2.75) is 35.6 Å². The molecule has 3 rings (SSSR count). The summed E-state index contributed by atoms with van der Waals surface area (Å²) >= 11 is 0. The lowest BCUT2D eigenvalue weighted by atomic mass is 10.1. The normalized spacial score (nSPS) is 9.13. The van der Waals surface area contributed by atoms with Gasteiger partial charge in [0.25, 0.3) is 0 Å². The summed E-state index contributed by atoms with van der Waals surface area (Å²) in [4.78, 5) is 0. The van der Waals surface area contributed by atoms with E-state index in [1.165, 1.54) is 38.9 Å². The maximum absolute atomic E-state index is 5.75. The first kappa shape index (κ1) is 17.0. The second-order valence-corrected chi connectivity index (χ2v) is 4.80. The molecule has 0 aliphatic rings. The fourth-order valence-electron chi connectivity index (χ4n) is 1.96. The highest BCUT2D eigenvalue weighted by Crippen LogP contribution is 2.07. The Morgan fingerprint density at radius 3 is 1.13 bits per heavy atom. The minimum Gasteiger partial charge on any atom is -0.0776 e. The topological polar surface area (TPSA) is 0 Å². The number of hydrogen-bond acceptors (Lipinski definition) is 0. The zero-order chi connectivity index (χ0) is 20.0. The largest absolute Gasteiger partial charge is 0.0776 e. The third-order valence-corrected chi connectivity index (χ3v) is 3.03. The maximum atomic E-state index is 5.75. The molecular formula is C23H32. The lowest BCUT2D eigenvalue weighted by Crippen LogP contribution is -1.85. The standard InChI is InChI=1S/C13H12.C7H8.3CH4/c1-3-7-12(8-4-1)11-13-9-5-2-6-10-13;1-7-5-3-2-4-6-7;;;/h1-10H,11H2;2-6H,1H3;3*1H4/i;;3*1T. The molecule has 0 amide bonds. The molecule has 3 aromatic carbocycles. The minimum atomic E-state index is 1.03. The van der Waals surface area contributed by atoms with E-state index in [-0.39, 0.29) is 0 Å². The van der Waals surface area contributed by atoms with Crippen molar-refractivity contribution in [1.82, 2.24) is 0 Å². The van der Waals surface area contributed by atoms with Gasteiger partial charge in [-0.1, -0.05) is 119 Å². The molecule has 0 spiro atoms. The molecule has 0 bridgehead atoms. The quantitative estimate of drug-likeness (QED) is 0.470. The molecule has 0 saturated carbocycles. The Kier molecular flexibility index (Phi) is 9.87. The molecule has 3 aromatic rings. The third kappa shape index (κ3) is 9.31. The van der Waals surface area contributed by atoms with Crippen LogP contribution >= 0.6 is 0 Å². The van der Waals surface area contributed by atoms with E-state index in [1.807, 2.05) is 18.2 Å². The number of benzene rings is 3. The van der Waals surface area contributed by atoms with Crippen LogP contribution < -0.4 is 0 Å². The number of aryl methyl sites for hydroxylation is 1. The molecule has 0 radical (unpaired) electrons. The third-order valence-electron chi connectivity index (χ3n) is 3.03. The molecule has 0 aliphatic carbocycles. The summed E-state index contributed by atoms with van der Waals surface area (Å²) in [5.41, 5.74) is 4.06. The molecule has 23 heavy (non-hydrogen) atoms. The summed E-state index contributed by atoms with van der Waals surface area (Å²) in [6, 6.07) is 31.3. The highest BCUT2D eigenvalue weighted by atomic mass is 14.0. The fourth-order valence-corrected chi connectivity index (χ4v) is 1.96. The zero-order valence-electron chi connectivity index (χ0n) is 17.9. The molecule has 0 fully saturated rings. The Labute approximate surface area is 148 Å². The van der Waals surface area contributed by atoms with Gasteiger partial charge in [0.1, 0.15) is 0 Å². The summed E-state index contributed by atoms with van der Waals surface area (Å²) < 4.78 is 17.2. The highest BCUT2D eigenvalue weighted by molar-refractivity contribution is 5.25. The molecule has 0 nitrogen and oxygen atoms in total. The van der Waals surface area contributed by atoms with E-state index in [1.54, 1.807) is 0 Å². The molecule has 0 heterocycles. The van der Waals surface area contributed by atoms with Gasteiger partial charge in [-0.3, -0.25) is 0 Å². The van der Waals surface area contributed by atoms with E-state index in [4.69, 9.17) is 4.11 Å². The van der Waals surface area contributed by atoms with Crippen molar-refractivity contribution >= 4 is 0 Å². The van der Waals surface area contributed by atoms with Crippen LogP contribution in [-0.4, -0.2) is 0 Å². The van der Waals surface area contributed by atoms with Crippen LogP contribution in [0.2, 0.25) is 0 Å². The van der Waals surface area contributed by atoms with E-state index in [0.717, 1.165) is 6.42 Å². The van der Waals surface area contributed by atoms with Crippen LogP contribution in [0.3, 0.4) is 0 Å². The van der Waals surface area contributed by atoms with E-state index in [2.05, 4.69) is 79.7 Å². The number of hydrogen-bond donors (Lipinski definition) is 0. The average Bonchev–Trinajstić information content (AvgIpc) is 2.75. The van der Waals surface area contributed by atoms with Crippen LogP contribution in [0, 0.1) is 6.92 Å². The smallest absolute Gasteiger partial charge is 0.0194 e. The molecule has 0 unspecified atom stereocenters. The summed E-state index contributed by atoms with van der Waals surface area (Å²) in [6.45, 7) is 2.08. The Morgan fingerprint density at radius 2 is 0.870 bits per heavy atom. The van der Waals surface area contributed by atoms with Crippen molar-refractivity contribution in [2.75, 3.05) is 0 Å². The average molecular weight is 315 g/mol. The van der Waals surface area contributed by atoms with Crippen molar-refractivity contribution in [3.8, 4) is 0 Å². The van der Waals surface area contributed by atoms with Crippen LogP contribution in [0.1, 0.15) is 43.0 Å². The number of rotatable bonds is 2. The van der Waals surface area contributed by atoms with Gasteiger partial charge in [-0.25, -0.2) is 0 Å². The molecule has 0 heteroatoms. The summed E-state index contributed by atoms with van der Waals surface area (Å²) in [5.74, 6) is 0. The summed E-state index contributed by atoms with van der Waals surface area (Å²) in [6.07, 6.45) is 1.03. The van der Waals surface area contributed by atoms with Crippen LogP contribution in [-0.2, 0) is 6.42 Å². The van der Waals surface area contributed by atoms with Crippen molar-refractivity contribution in [2.24, 2.45) is 0 Å². The monoisotopic (exact) mass is 314 g/mol. The van der Waals surface area contributed by atoms with Crippen molar-refractivity contribution in [1.29, 1.82) is 0 Å². The Bertz CT molecular complexity index is 559. The molecule has 124 valence electrons. The molecular weight excluding hydrogens is 276 g/mol. The Hall–Kier alpha value is -2.34. The lowest BCUT2D eigenvalue weighted by Gasteiger charge is -2.00. The maximum Gasteiger partial charge on any atom is 0.0194 e. The van der Waals surface area contributed by atoms with E-state index >= 15 is 0 Å². The molecule has 0 N–H and O–H groups in total. The van der Waals surface area contributed by atoms with Gasteiger partial charge in [0, 0.05) is 4.11 Å². The predicted molar refractivity (Wildman–Crippen MR) is 107 cm³/mol. The zero-order valence-corrected chi connectivity index (χ0v) is 14.9. The van der Waals surface area contributed by atoms with Gasteiger partial charge in [-0.2, -0.15) is 0 Å². The first-order valence-electron chi connectivity index (χ1n) is 9.94. The van der Waals surface area contributed by atoms with E-state index < -0.39 is 0 Å². The lowest BCUT2D eigenvalue weighted by molar-refractivity contribution is 1.19. The van der Waals surface area contributed by atoms with Crippen molar-refractivity contribution in [3.63, 3.8) is 0 Å². The fraction of sp³-hybridized carbons (Fsp3) is 0.217. The van der Waals surface area contributed by atoms with Gasteiger partial charge < -0.3 is 0 Å². The van der Waals surface area contributed by atoms with Gasteiger partial charge >= 0.3 is 0 Å². The highest BCUT2D eigenvalue weighted by Gasteiger charge is 1.92. The predicted octanol–water partition coefficient (Wildman–Crippen LogP) is 7.18. The van der Waals surface area contributed by atoms with Crippen molar-refractivity contribution < 1.29 is 4.11 Å². The second kappa shape index (κ2) is 13.3. The van der Waals surface area contributed by atoms with Crippen LogP contribution in [0.4, 0.5) is 0 Å². The minimum absolute atomic E-state index is 1.03. The molecule has 0 atom stereocenters. The van der Waals surface area contributed by atoms with Crippen LogP contribution in [0.15, 0.2) is 91.0 Å². The van der Waals surface area contributed by atoms with E-state index in [9.17, 15) is 0 Å². The Morgan fingerprint density at radius 1 is 0.565 bits per heavy atom. The van der Waals surface area contributed by atoms with Gasteiger partial charge in [-0.15, -0.1) is 0 Å². The second-order valence-electron chi connectivity index (χ2n) is 4.80. The van der Waals surface area contributed by atoms with Gasteiger partial charge in [0.15, 0.2) is 0 Å². The van der Waals surface area contributed by atoms with E-state index in [0.29, 0.717) is 0 Å². The van der Waals surface area contributed by atoms with Gasteiger partial charge in [0.05, 0.1) is 0 Å². The molecule has 0 aromatic heterocycles. The Balaban J connectivity index is 0. The first-order chi connectivity index (χ1) is 12.8. The molecule has 0 aliphatic heterocycles. The molecule has 0 saturated heterocycles. The van der Waals surface area contributed by atoms with Gasteiger partial charge in [-0.05, 0) is 24.5 Å². The first-order valence-corrected chi connectivity index (χ1v) is 6.94. The summed E-state index contributed by atoms with van der Waals surface area (Å²) in [5, 5.41) is 0.